The monoisotopic (exact) mass is 407 g/mol. The maximum absolute atomic E-state index is 12.7. The van der Waals surface area contributed by atoms with Gasteiger partial charge in [-0.3, -0.25) is 4.31 Å². The molecule has 7 heteroatoms. The van der Waals surface area contributed by atoms with Crippen molar-refractivity contribution in [1.29, 1.82) is 0 Å². The SMILES string of the molecule is CCN(c1cc(Cl)cc(Cl)c1)S(=O)(=O)c1ccc(Br)cc1. The molecule has 0 atom stereocenters. The average Bonchev–Trinajstić information content (AvgIpc) is 2.38. The van der Waals surface area contributed by atoms with E-state index in [0.717, 1.165) is 4.47 Å². The highest BCUT2D eigenvalue weighted by atomic mass is 79.9. The number of sulfonamides is 1. The topological polar surface area (TPSA) is 37.4 Å². The van der Waals surface area contributed by atoms with Gasteiger partial charge in [0.1, 0.15) is 0 Å². The summed E-state index contributed by atoms with van der Waals surface area (Å²) in [6, 6.07) is 11.2. The number of anilines is 1. The molecule has 0 aromatic heterocycles. The second-order valence-corrected chi connectivity index (χ2v) is 7.90. The van der Waals surface area contributed by atoms with Gasteiger partial charge in [0.2, 0.25) is 0 Å². The van der Waals surface area contributed by atoms with Crippen LogP contribution >= 0.6 is 39.1 Å². The number of halogens is 3. The Morgan fingerprint density at radius 1 is 1.05 bits per heavy atom. The molecule has 0 saturated carbocycles. The summed E-state index contributed by atoms with van der Waals surface area (Å²) in [5.41, 5.74) is 0.443. The summed E-state index contributed by atoms with van der Waals surface area (Å²) < 4.78 is 27.5. The molecule has 0 saturated heterocycles. The van der Waals surface area contributed by atoms with Crippen LogP contribution in [0.25, 0.3) is 0 Å². The molecule has 0 aliphatic rings. The van der Waals surface area contributed by atoms with Crippen molar-refractivity contribution in [2.45, 2.75) is 11.8 Å². The standard InChI is InChI=1S/C14H12BrCl2NO2S/c1-2-18(13-8-11(16)7-12(17)9-13)21(19,20)14-5-3-10(15)4-6-14/h3-9H,2H2,1H3. The fourth-order valence-corrected chi connectivity index (χ4v) is 4.14. The first-order chi connectivity index (χ1) is 9.84. The molecule has 3 nitrogen and oxygen atoms in total. The third-order valence-corrected chi connectivity index (χ3v) is 5.71. The van der Waals surface area contributed by atoms with Crippen molar-refractivity contribution >= 4 is 54.8 Å². The molecular formula is C14H12BrCl2NO2S. The van der Waals surface area contributed by atoms with E-state index in [1.54, 1.807) is 49.4 Å². The first kappa shape index (κ1) is 16.6. The number of hydrogen-bond donors (Lipinski definition) is 0. The zero-order valence-corrected chi connectivity index (χ0v) is 15.0. The summed E-state index contributed by atoms with van der Waals surface area (Å²) in [6.45, 7) is 2.03. The van der Waals surface area contributed by atoms with Gasteiger partial charge in [-0.1, -0.05) is 39.1 Å². The van der Waals surface area contributed by atoms with Gasteiger partial charge in [-0.05, 0) is 49.4 Å². The van der Waals surface area contributed by atoms with E-state index in [1.807, 2.05) is 0 Å². The van der Waals surface area contributed by atoms with E-state index < -0.39 is 10.0 Å². The van der Waals surface area contributed by atoms with Gasteiger partial charge >= 0.3 is 0 Å². The average molecular weight is 409 g/mol. The summed E-state index contributed by atoms with van der Waals surface area (Å²) in [6.07, 6.45) is 0. The summed E-state index contributed by atoms with van der Waals surface area (Å²) in [4.78, 5) is 0.212. The van der Waals surface area contributed by atoms with Gasteiger partial charge in [0, 0.05) is 21.1 Å². The number of rotatable bonds is 4. The van der Waals surface area contributed by atoms with E-state index >= 15 is 0 Å². The van der Waals surface area contributed by atoms with E-state index in [0.29, 0.717) is 15.7 Å². The van der Waals surface area contributed by atoms with Crippen LogP contribution in [0.4, 0.5) is 5.69 Å². The van der Waals surface area contributed by atoms with Crippen molar-refractivity contribution in [3.8, 4) is 0 Å². The van der Waals surface area contributed by atoms with Crippen LogP contribution in [0.3, 0.4) is 0 Å². The molecule has 0 aliphatic heterocycles. The van der Waals surface area contributed by atoms with E-state index in [4.69, 9.17) is 23.2 Å². The molecule has 0 unspecified atom stereocenters. The van der Waals surface area contributed by atoms with Gasteiger partial charge in [-0.15, -0.1) is 0 Å². The third kappa shape index (κ3) is 3.72. The largest absolute Gasteiger partial charge is 0.267 e. The lowest BCUT2D eigenvalue weighted by Crippen LogP contribution is -2.30. The predicted molar refractivity (Wildman–Crippen MR) is 90.8 cm³/mol. The smallest absolute Gasteiger partial charge is 0.264 e. The summed E-state index contributed by atoms with van der Waals surface area (Å²) in [5, 5.41) is 0.781. The van der Waals surface area contributed by atoms with E-state index in [-0.39, 0.29) is 11.4 Å². The van der Waals surface area contributed by atoms with Crippen LogP contribution < -0.4 is 4.31 Å². The highest BCUT2D eigenvalue weighted by Gasteiger charge is 2.24. The van der Waals surface area contributed by atoms with Crippen LogP contribution in [-0.2, 0) is 10.0 Å². The zero-order valence-electron chi connectivity index (χ0n) is 11.1. The van der Waals surface area contributed by atoms with Gasteiger partial charge in [-0.2, -0.15) is 0 Å². The Kier molecular flexibility index (Phi) is 5.20. The Bertz CT molecular complexity index is 728. The number of hydrogen-bond acceptors (Lipinski definition) is 2. The quantitative estimate of drug-likeness (QED) is 0.715. The van der Waals surface area contributed by atoms with Crippen molar-refractivity contribution in [2.75, 3.05) is 10.8 Å². The van der Waals surface area contributed by atoms with E-state index in [9.17, 15) is 8.42 Å². The molecule has 21 heavy (non-hydrogen) atoms. The minimum atomic E-state index is -3.66. The first-order valence-electron chi connectivity index (χ1n) is 6.09. The van der Waals surface area contributed by atoms with Crippen molar-refractivity contribution < 1.29 is 8.42 Å². The Balaban J connectivity index is 2.51. The molecule has 0 radical (unpaired) electrons. The number of nitrogens with zero attached hydrogens (tertiary/aromatic N) is 1. The molecule has 2 aromatic rings. The lowest BCUT2D eigenvalue weighted by molar-refractivity contribution is 0.592. The summed E-state index contributed by atoms with van der Waals surface area (Å²) in [5.74, 6) is 0. The van der Waals surface area contributed by atoms with Crippen LogP contribution in [0, 0.1) is 0 Å². The van der Waals surface area contributed by atoms with Gasteiger partial charge in [0.15, 0.2) is 0 Å². The predicted octanol–water partition coefficient (Wildman–Crippen LogP) is 4.97. The summed E-state index contributed by atoms with van der Waals surface area (Å²) in [7, 11) is -3.66. The molecule has 0 heterocycles. The fraction of sp³-hybridized carbons (Fsp3) is 0.143. The van der Waals surface area contributed by atoms with Crippen LogP contribution in [0.2, 0.25) is 10.0 Å². The minimum Gasteiger partial charge on any atom is -0.267 e. The molecule has 2 aromatic carbocycles. The van der Waals surface area contributed by atoms with Gasteiger partial charge < -0.3 is 0 Å². The lowest BCUT2D eigenvalue weighted by Gasteiger charge is -2.23. The minimum absolute atomic E-state index is 0.212. The Hall–Kier alpha value is -0.750. The molecule has 0 fully saturated rings. The van der Waals surface area contributed by atoms with Crippen molar-refractivity contribution in [1.82, 2.24) is 0 Å². The molecule has 0 N–H and O–H groups in total. The van der Waals surface area contributed by atoms with Crippen LogP contribution in [0.5, 0.6) is 0 Å². The third-order valence-electron chi connectivity index (χ3n) is 2.82. The highest BCUT2D eigenvalue weighted by Crippen LogP contribution is 2.29. The first-order valence-corrected chi connectivity index (χ1v) is 9.08. The molecule has 112 valence electrons. The maximum Gasteiger partial charge on any atom is 0.264 e. The molecule has 2 rings (SSSR count). The second-order valence-electron chi connectivity index (χ2n) is 4.25. The Morgan fingerprint density at radius 2 is 1.57 bits per heavy atom. The van der Waals surface area contributed by atoms with Gasteiger partial charge in [0.05, 0.1) is 10.6 Å². The van der Waals surface area contributed by atoms with Crippen LogP contribution in [-0.4, -0.2) is 15.0 Å². The zero-order chi connectivity index (χ0) is 15.6. The van der Waals surface area contributed by atoms with Crippen molar-refractivity contribution in [3.63, 3.8) is 0 Å². The van der Waals surface area contributed by atoms with E-state index in [1.165, 1.54) is 4.31 Å². The summed E-state index contributed by atoms with van der Waals surface area (Å²) >= 11 is 15.2. The second kappa shape index (κ2) is 6.57. The molecule has 0 bridgehead atoms. The molecule has 0 spiro atoms. The van der Waals surface area contributed by atoms with Gasteiger partial charge in [-0.25, -0.2) is 8.42 Å². The van der Waals surface area contributed by atoms with Crippen molar-refractivity contribution in [2.24, 2.45) is 0 Å². The number of benzene rings is 2. The molecule has 0 amide bonds. The molecule has 0 aliphatic carbocycles. The Labute approximate surface area is 142 Å². The highest BCUT2D eigenvalue weighted by molar-refractivity contribution is 9.10. The lowest BCUT2D eigenvalue weighted by atomic mass is 10.3. The van der Waals surface area contributed by atoms with Gasteiger partial charge in [0.25, 0.3) is 10.0 Å². The molecular weight excluding hydrogens is 397 g/mol. The fourth-order valence-electron chi connectivity index (χ4n) is 1.91. The van der Waals surface area contributed by atoms with Crippen molar-refractivity contribution in [3.05, 3.63) is 57.0 Å². The van der Waals surface area contributed by atoms with E-state index in [2.05, 4.69) is 15.9 Å². The van der Waals surface area contributed by atoms with Crippen LogP contribution in [0.15, 0.2) is 51.8 Å². The van der Waals surface area contributed by atoms with Crippen LogP contribution in [0.1, 0.15) is 6.92 Å². The maximum atomic E-state index is 12.7. The Morgan fingerprint density at radius 3 is 2.05 bits per heavy atom. The normalized spacial score (nSPS) is 11.4.